The van der Waals surface area contributed by atoms with Gasteiger partial charge in [-0.3, -0.25) is 9.59 Å². The third kappa shape index (κ3) is 3.43. The number of benzene rings is 1. The van der Waals surface area contributed by atoms with Crippen LogP contribution in [0.4, 0.5) is 0 Å². The Hall–Kier alpha value is -2.43. The van der Waals surface area contributed by atoms with Crippen LogP contribution in [0.15, 0.2) is 35.1 Å². The van der Waals surface area contributed by atoms with Crippen molar-refractivity contribution < 1.29 is 4.79 Å². The molecular formula is C21H25N3O2. The van der Waals surface area contributed by atoms with Crippen LogP contribution in [0.3, 0.4) is 0 Å². The molecule has 1 aromatic heterocycles. The van der Waals surface area contributed by atoms with E-state index in [0.29, 0.717) is 24.7 Å². The van der Waals surface area contributed by atoms with Crippen LogP contribution in [0.1, 0.15) is 60.2 Å². The second-order valence-corrected chi connectivity index (χ2v) is 7.57. The van der Waals surface area contributed by atoms with E-state index < -0.39 is 0 Å². The quantitative estimate of drug-likeness (QED) is 0.925. The second kappa shape index (κ2) is 7.06. The van der Waals surface area contributed by atoms with Crippen molar-refractivity contribution in [3.05, 3.63) is 63.3 Å². The third-order valence-electron chi connectivity index (χ3n) is 5.75. The van der Waals surface area contributed by atoms with E-state index in [0.717, 1.165) is 37.9 Å². The Morgan fingerprint density at radius 1 is 1.31 bits per heavy atom. The highest BCUT2D eigenvalue weighted by atomic mass is 16.2. The van der Waals surface area contributed by atoms with E-state index in [4.69, 9.17) is 0 Å². The van der Waals surface area contributed by atoms with Crippen LogP contribution in [0, 0.1) is 6.92 Å². The molecule has 1 N–H and O–H groups in total. The summed E-state index contributed by atoms with van der Waals surface area (Å²) in [4.78, 5) is 33.8. The first-order valence-electron chi connectivity index (χ1n) is 9.53. The Bertz CT molecular complexity index is 874. The van der Waals surface area contributed by atoms with Gasteiger partial charge in [-0.15, -0.1) is 0 Å². The van der Waals surface area contributed by atoms with Gasteiger partial charge in [0.15, 0.2) is 0 Å². The van der Waals surface area contributed by atoms with Gasteiger partial charge in [-0.1, -0.05) is 24.3 Å². The van der Waals surface area contributed by atoms with Gasteiger partial charge in [-0.25, -0.2) is 4.98 Å². The van der Waals surface area contributed by atoms with Gasteiger partial charge in [0.2, 0.25) is 5.91 Å². The molecule has 5 heteroatoms. The van der Waals surface area contributed by atoms with Crippen LogP contribution in [-0.2, 0) is 11.2 Å². The van der Waals surface area contributed by atoms with Gasteiger partial charge in [-0.2, -0.15) is 0 Å². The Morgan fingerprint density at radius 2 is 2.15 bits per heavy atom. The monoisotopic (exact) mass is 351 g/mol. The number of hydrogen-bond acceptors (Lipinski definition) is 3. The van der Waals surface area contributed by atoms with Crippen molar-refractivity contribution in [2.75, 3.05) is 13.1 Å². The number of hydrogen-bond donors (Lipinski definition) is 1. The van der Waals surface area contributed by atoms with E-state index in [2.05, 4.69) is 34.2 Å². The first-order chi connectivity index (χ1) is 12.6. The summed E-state index contributed by atoms with van der Waals surface area (Å²) in [5.41, 5.74) is 3.44. The van der Waals surface area contributed by atoms with Crippen LogP contribution in [-0.4, -0.2) is 33.9 Å². The van der Waals surface area contributed by atoms with Crippen LogP contribution >= 0.6 is 0 Å². The van der Waals surface area contributed by atoms with Crippen molar-refractivity contribution in [2.45, 2.75) is 50.9 Å². The second-order valence-electron chi connectivity index (χ2n) is 7.57. The molecule has 0 radical (unpaired) electrons. The fourth-order valence-electron chi connectivity index (χ4n) is 4.45. The molecule has 0 saturated carbocycles. The van der Waals surface area contributed by atoms with Gasteiger partial charge < -0.3 is 9.88 Å². The Kier molecular flexibility index (Phi) is 4.62. The summed E-state index contributed by atoms with van der Waals surface area (Å²) in [5, 5.41) is 0. The topological polar surface area (TPSA) is 66.1 Å². The minimum absolute atomic E-state index is 0.112. The van der Waals surface area contributed by atoms with Crippen molar-refractivity contribution in [3.8, 4) is 0 Å². The number of fused-ring (bicyclic) bond motifs is 1. The Labute approximate surface area is 153 Å². The molecular weight excluding hydrogens is 326 g/mol. The molecule has 1 amide bonds. The Balaban J connectivity index is 1.45. The standard InChI is InChI=1S/C21H25N3O2/c1-14-22-19(12-20(25)23-14)17-6-4-10-24(13-17)21(26)11-16-9-8-15-5-2-3-7-18(15)16/h2-3,5,7,12,16-17H,4,6,8-11,13H2,1H3,(H,22,23,25). The lowest BCUT2D eigenvalue weighted by atomic mass is 9.92. The number of aromatic amines is 1. The highest BCUT2D eigenvalue weighted by Crippen LogP contribution is 2.36. The molecule has 1 saturated heterocycles. The van der Waals surface area contributed by atoms with Crippen LogP contribution in [0.2, 0.25) is 0 Å². The lowest BCUT2D eigenvalue weighted by molar-refractivity contribution is -0.132. The number of nitrogens with one attached hydrogen (secondary N) is 1. The van der Waals surface area contributed by atoms with E-state index >= 15 is 0 Å². The van der Waals surface area contributed by atoms with Crippen molar-refractivity contribution in [1.82, 2.24) is 14.9 Å². The molecule has 1 aromatic carbocycles. The first kappa shape index (κ1) is 17.0. The summed E-state index contributed by atoms with van der Waals surface area (Å²) in [6.45, 7) is 3.28. The maximum atomic E-state index is 12.9. The number of amides is 1. The van der Waals surface area contributed by atoms with Gasteiger partial charge in [0.05, 0.1) is 5.69 Å². The molecule has 136 valence electrons. The minimum Gasteiger partial charge on any atom is -0.342 e. The number of likely N-dealkylation sites (tertiary alicyclic amines) is 1. The summed E-state index contributed by atoms with van der Waals surface area (Å²) in [6, 6.07) is 10.1. The van der Waals surface area contributed by atoms with Crippen LogP contribution in [0.25, 0.3) is 0 Å². The minimum atomic E-state index is -0.112. The lowest BCUT2D eigenvalue weighted by Crippen LogP contribution is -2.40. The fraction of sp³-hybridized carbons (Fsp3) is 0.476. The first-order valence-corrected chi connectivity index (χ1v) is 9.53. The summed E-state index contributed by atoms with van der Waals surface area (Å²) in [6.07, 6.45) is 4.67. The van der Waals surface area contributed by atoms with Crippen LogP contribution in [0.5, 0.6) is 0 Å². The number of piperidine rings is 1. The predicted molar refractivity (Wildman–Crippen MR) is 100 cm³/mol. The molecule has 2 unspecified atom stereocenters. The summed E-state index contributed by atoms with van der Waals surface area (Å²) >= 11 is 0. The SMILES string of the molecule is Cc1nc(C2CCCN(C(=O)CC3CCc4ccccc43)C2)cc(=O)[nH]1. The lowest BCUT2D eigenvalue weighted by Gasteiger charge is -2.33. The summed E-state index contributed by atoms with van der Waals surface area (Å²) in [5.74, 6) is 1.38. The average molecular weight is 351 g/mol. The molecule has 4 rings (SSSR count). The van der Waals surface area contributed by atoms with E-state index in [1.807, 2.05) is 4.90 Å². The van der Waals surface area contributed by atoms with Crippen molar-refractivity contribution in [1.29, 1.82) is 0 Å². The molecule has 0 spiro atoms. The molecule has 2 aliphatic rings. The number of carbonyl (C=O) groups is 1. The highest BCUT2D eigenvalue weighted by molar-refractivity contribution is 5.77. The van der Waals surface area contributed by atoms with E-state index in [1.165, 1.54) is 11.1 Å². The van der Waals surface area contributed by atoms with Crippen molar-refractivity contribution >= 4 is 5.91 Å². The molecule has 1 aliphatic carbocycles. The zero-order valence-electron chi connectivity index (χ0n) is 15.2. The van der Waals surface area contributed by atoms with Crippen molar-refractivity contribution in [3.63, 3.8) is 0 Å². The molecule has 0 bridgehead atoms. The summed E-state index contributed by atoms with van der Waals surface area (Å²) in [7, 11) is 0. The van der Waals surface area contributed by atoms with Gasteiger partial charge in [-0.05, 0) is 49.7 Å². The molecule has 2 heterocycles. The Morgan fingerprint density at radius 3 is 3.00 bits per heavy atom. The third-order valence-corrected chi connectivity index (χ3v) is 5.75. The number of nitrogens with zero attached hydrogens (tertiary/aromatic N) is 2. The number of aryl methyl sites for hydroxylation is 2. The van der Waals surface area contributed by atoms with E-state index in [1.54, 1.807) is 13.0 Å². The predicted octanol–water partition coefficient (Wildman–Crippen LogP) is 2.90. The molecule has 1 aliphatic heterocycles. The smallest absolute Gasteiger partial charge is 0.251 e. The molecule has 5 nitrogen and oxygen atoms in total. The fourth-order valence-corrected chi connectivity index (χ4v) is 4.45. The highest BCUT2D eigenvalue weighted by Gasteiger charge is 2.30. The van der Waals surface area contributed by atoms with Crippen LogP contribution < -0.4 is 5.56 Å². The number of carbonyl (C=O) groups excluding carboxylic acids is 1. The normalized spacial score (nSPS) is 22.3. The largest absolute Gasteiger partial charge is 0.342 e. The molecule has 26 heavy (non-hydrogen) atoms. The number of rotatable bonds is 3. The van der Waals surface area contributed by atoms with E-state index in [-0.39, 0.29) is 17.4 Å². The van der Waals surface area contributed by atoms with Gasteiger partial charge in [0, 0.05) is 31.5 Å². The van der Waals surface area contributed by atoms with Crippen molar-refractivity contribution in [2.24, 2.45) is 0 Å². The number of aromatic nitrogens is 2. The molecule has 2 atom stereocenters. The van der Waals surface area contributed by atoms with E-state index in [9.17, 15) is 9.59 Å². The zero-order chi connectivity index (χ0) is 18.1. The maximum Gasteiger partial charge on any atom is 0.251 e. The zero-order valence-corrected chi connectivity index (χ0v) is 15.2. The van der Waals surface area contributed by atoms with Gasteiger partial charge >= 0.3 is 0 Å². The molecule has 1 fully saturated rings. The van der Waals surface area contributed by atoms with Gasteiger partial charge in [0.1, 0.15) is 5.82 Å². The average Bonchev–Trinajstić information content (AvgIpc) is 3.04. The van der Waals surface area contributed by atoms with Gasteiger partial charge in [0.25, 0.3) is 5.56 Å². The number of H-pyrrole nitrogens is 1. The maximum absolute atomic E-state index is 12.9. The molecule has 2 aromatic rings. The summed E-state index contributed by atoms with van der Waals surface area (Å²) < 4.78 is 0.